The van der Waals surface area contributed by atoms with Gasteiger partial charge < -0.3 is 9.72 Å². The molecular weight excluding hydrogens is 206 g/mol. The van der Waals surface area contributed by atoms with Gasteiger partial charge in [-0.05, 0) is 36.1 Å². The Labute approximate surface area is 91.9 Å². The van der Waals surface area contributed by atoms with E-state index < -0.39 is 5.97 Å². The molecule has 1 N–H and O–H groups in total. The van der Waals surface area contributed by atoms with Gasteiger partial charge in [0.15, 0.2) is 0 Å². The highest BCUT2D eigenvalue weighted by molar-refractivity contribution is 5.96. The van der Waals surface area contributed by atoms with E-state index in [9.17, 15) is 9.59 Å². The van der Waals surface area contributed by atoms with Crippen LogP contribution in [0.25, 0.3) is 10.8 Å². The van der Waals surface area contributed by atoms with E-state index in [4.69, 9.17) is 0 Å². The first-order chi connectivity index (χ1) is 7.63. The van der Waals surface area contributed by atoms with Gasteiger partial charge in [-0.15, -0.1) is 0 Å². The van der Waals surface area contributed by atoms with Crippen molar-refractivity contribution in [2.75, 3.05) is 7.11 Å². The highest BCUT2D eigenvalue weighted by Gasteiger charge is 2.09. The first kappa shape index (κ1) is 10.4. The zero-order chi connectivity index (χ0) is 11.7. The summed E-state index contributed by atoms with van der Waals surface area (Å²) in [6.07, 6.45) is 1.59. The number of rotatable bonds is 1. The van der Waals surface area contributed by atoms with Crippen LogP contribution >= 0.6 is 0 Å². The average Bonchev–Trinajstić information content (AvgIpc) is 2.29. The van der Waals surface area contributed by atoms with Crippen molar-refractivity contribution >= 4 is 16.7 Å². The van der Waals surface area contributed by atoms with Crippen LogP contribution in [0.2, 0.25) is 0 Å². The molecular formula is C12H11NO3. The Morgan fingerprint density at radius 1 is 1.31 bits per heavy atom. The summed E-state index contributed by atoms with van der Waals surface area (Å²) in [4.78, 5) is 25.6. The van der Waals surface area contributed by atoms with Crippen LogP contribution in [0.3, 0.4) is 0 Å². The van der Waals surface area contributed by atoms with Gasteiger partial charge >= 0.3 is 5.97 Å². The zero-order valence-corrected chi connectivity index (χ0v) is 9.03. The minimum atomic E-state index is -0.437. The molecule has 0 bridgehead atoms. The van der Waals surface area contributed by atoms with Crippen molar-refractivity contribution in [3.63, 3.8) is 0 Å². The maximum Gasteiger partial charge on any atom is 0.337 e. The molecule has 4 heteroatoms. The van der Waals surface area contributed by atoms with E-state index in [-0.39, 0.29) is 5.56 Å². The molecule has 1 aromatic heterocycles. The molecule has 1 aromatic carbocycles. The maximum atomic E-state index is 11.6. The van der Waals surface area contributed by atoms with Crippen molar-refractivity contribution in [2.24, 2.45) is 0 Å². The Kier molecular flexibility index (Phi) is 2.48. The normalized spacial score (nSPS) is 10.4. The number of hydrogen-bond acceptors (Lipinski definition) is 3. The molecule has 0 aliphatic heterocycles. The number of aryl methyl sites for hydroxylation is 1. The van der Waals surface area contributed by atoms with Gasteiger partial charge in [0.25, 0.3) is 5.56 Å². The van der Waals surface area contributed by atoms with Crippen LogP contribution in [0.4, 0.5) is 0 Å². The Hall–Kier alpha value is -2.10. The molecule has 4 nitrogen and oxygen atoms in total. The Morgan fingerprint density at radius 3 is 2.75 bits per heavy atom. The fourth-order valence-electron chi connectivity index (χ4n) is 1.72. The highest BCUT2D eigenvalue weighted by atomic mass is 16.5. The minimum Gasteiger partial charge on any atom is -0.465 e. The monoisotopic (exact) mass is 217 g/mol. The van der Waals surface area contributed by atoms with Crippen molar-refractivity contribution in [1.29, 1.82) is 0 Å². The molecule has 0 aliphatic rings. The van der Waals surface area contributed by atoms with E-state index in [0.717, 1.165) is 10.9 Å². The average molecular weight is 217 g/mol. The van der Waals surface area contributed by atoms with Gasteiger partial charge in [-0.1, -0.05) is 0 Å². The number of hydrogen-bond donors (Lipinski definition) is 1. The summed E-state index contributed by atoms with van der Waals surface area (Å²) in [6.45, 7) is 1.86. The van der Waals surface area contributed by atoms with Crippen molar-refractivity contribution in [3.05, 3.63) is 45.9 Å². The third kappa shape index (κ3) is 1.58. The number of H-pyrrole nitrogens is 1. The van der Waals surface area contributed by atoms with Gasteiger partial charge in [0.05, 0.1) is 12.7 Å². The molecule has 0 radical (unpaired) electrons. The van der Waals surface area contributed by atoms with Crippen molar-refractivity contribution in [2.45, 2.75) is 6.92 Å². The molecule has 0 unspecified atom stereocenters. The summed E-state index contributed by atoms with van der Waals surface area (Å²) in [6, 6.07) is 5.08. The molecule has 0 spiro atoms. The summed E-state index contributed by atoms with van der Waals surface area (Å²) >= 11 is 0. The molecule has 1 heterocycles. The lowest BCUT2D eigenvalue weighted by atomic mass is 10.0. The number of ether oxygens (including phenoxy) is 1. The Bertz CT molecular complexity index is 613. The van der Waals surface area contributed by atoms with Crippen LogP contribution < -0.4 is 5.56 Å². The van der Waals surface area contributed by atoms with Crippen molar-refractivity contribution in [3.8, 4) is 0 Å². The van der Waals surface area contributed by atoms with E-state index in [1.807, 2.05) is 13.0 Å². The number of carbonyl (C=O) groups is 1. The largest absolute Gasteiger partial charge is 0.465 e. The second-order valence-corrected chi connectivity index (χ2v) is 3.55. The number of nitrogens with one attached hydrogen (secondary N) is 1. The molecule has 0 fully saturated rings. The quantitative estimate of drug-likeness (QED) is 0.738. The van der Waals surface area contributed by atoms with Gasteiger partial charge in [-0.2, -0.15) is 0 Å². The number of carbonyl (C=O) groups excluding carboxylic acids is 1. The number of methoxy groups -OCH3 is 1. The lowest BCUT2D eigenvalue weighted by Gasteiger charge is -2.04. The standard InChI is InChI=1S/C12H11NO3/c1-7-5-8(12(15)16-2)6-10-9(7)3-4-13-11(10)14/h3-6H,1-2H3,(H,13,14). The Balaban J connectivity index is 2.80. The van der Waals surface area contributed by atoms with E-state index in [1.54, 1.807) is 18.3 Å². The van der Waals surface area contributed by atoms with Gasteiger partial charge in [0.1, 0.15) is 0 Å². The van der Waals surface area contributed by atoms with Gasteiger partial charge in [0.2, 0.25) is 0 Å². The van der Waals surface area contributed by atoms with Crippen LogP contribution in [0.5, 0.6) is 0 Å². The van der Waals surface area contributed by atoms with Crippen LogP contribution in [0, 0.1) is 6.92 Å². The summed E-state index contributed by atoms with van der Waals surface area (Å²) in [5, 5.41) is 1.35. The lowest BCUT2D eigenvalue weighted by Crippen LogP contribution is -2.08. The SMILES string of the molecule is COC(=O)c1cc(C)c2cc[nH]c(=O)c2c1. The van der Waals surface area contributed by atoms with E-state index in [0.29, 0.717) is 10.9 Å². The maximum absolute atomic E-state index is 11.6. The third-order valence-electron chi connectivity index (χ3n) is 2.52. The molecule has 2 aromatic rings. The fourth-order valence-corrected chi connectivity index (χ4v) is 1.72. The summed E-state index contributed by atoms with van der Waals surface area (Å²) < 4.78 is 4.63. The molecule has 2 rings (SSSR count). The van der Waals surface area contributed by atoms with E-state index in [1.165, 1.54) is 7.11 Å². The van der Waals surface area contributed by atoms with E-state index >= 15 is 0 Å². The second-order valence-electron chi connectivity index (χ2n) is 3.55. The highest BCUT2D eigenvalue weighted by Crippen LogP contribution is 2.17. The number of aromatic amines is 1. The lowest BCUT2D eigenvalue weighted by molar-refractivity contribution is 0.0601. The topological polar surface area (TPSA) is 59.2 Å². The second kappa shape index (κ2) is 3.81. The summed E-state index contributed by atoms with van der Waals surface area (Å²) in [7, 11) is 1.32. The van der Waals surface area contributed by atoms with Crippen molar-refractivity contribution < 1.29 is 9.53 Å². The van der Waals surface area contributed by atoms with Crippen LogP contribution in [0.15, 0.2) is 29.2 Å². The minimum absolute atomic E-state index is 0.202. The predicted octanol–water partition coefficient (Wildman–Crippen LogP) is 1.62. The van der Waals surface area contributed by atoms with Crippen LogP contribution in [-0.2, 0) is 4.74 Å². The Morgan fingerprint density at radius 2 is 2.06 bits per heavy atom. The molecule has 82 valence electrons. The van der Waals surface area contributed by atoms with Gasteiger partial charge in [-0.25, -0.2) is 4.79 Å². The van der Waals surface area contributed by atoms with Crippen molar-refractivity contribution in [1.82, 2.24) is 4.98 Å². The van der Waals surface area contributed by atoms with E-state index in [2.05, 4.69) is 9.72 Å². The number of pyridine rings is 1. The molecule has 16 heavy (non-hydrogen) atoms. The first-order valence-corrected chi connectivity index (χ1v) is 4.84. The van der Waals surface area contributed by atoms with Gasteiger partial charge in [-0.3, -0.25) is 4.79 Å². The molecule has 0 amide bonds. The summed E-state index contributed by atoms with van der Waals surface area (Å²) in [5.74, 6) is -0.437. The molecule has 0 atom stereocenters. The molecule has 0 saturated heterocycles. The number of benzene rings is 1. The fraction of sp³-hybridized carbons (Fsp3) is 0.167. The predicted molar refractivity (Wildman–Crippen MR) is 60.6 cm³/mol. The number of fused-ring (bicyclic) bond motifs is 1. The number of aromatic nitrogens is 1. The smallest absolute Gasteiger partial charge is 0.337 e. The van der Waals surface area contributed by atoms with Crippen LogP contribution in [-0.4, -0.2) is 18.1 Å². The van der Waals surface area contributed by atoms with Gasteiger partial charge in [0, 0.05) is 11.6 Å². The third-order valence-corrected chi connectivity index (χ3v) is 2.52. The molecule has 0 saturated carbocycles. The molecule has 0 aliphatic carbocycles. The summed E-state index contributed by atoms with van der Waals surface area (Å²) in [5.41, 5.74) is 1.07. The van der Waals surface area contributed by atoms with Crippen LogP contribution in [0.1, 0.15) is 15.9 Å². The number of esters is 1. The first-order valence-electron chi connectivity index (χ1n) is 4.84. The zero-order valence-electron chi connectivity index (χ0n) is 9.03.